The number of aromatic nitrogens is 4. The van der Waals surface area contributed by atoms with Gasteiger partial charge in [0.05, 0.1) is 11.8 Å². The van der Waals surface area contributed by atoms with E-state index in [1.165, 1.54) is 12.5 Å². The van der Waals surface area contributed by atoms with E-state index in [0.29, 0.717) is 10.2 Å². The molecule has 17 heavy (non-hydrogen) atoms. The number of hydrogen-bond acceptors (Lipinski definition) is 4. The first-order valence-corrected chi connectivity index (χ1v) is 6.08. The maximum atomic E-state index is 10.2. The molecule has 2 aromatic rings. The Balaban J connectivity index is 2.51. The number of aliphatic hydroxyl groups is 1. The molecule has 5 nitrogen and oxygen atoms in total. The lowest BCUT2D eigenvalue weighted by molar-refractivity contribution is 0.218. The summed E-state index contributed by atoms with van der Waals surface area (Å²) in [6, 6.07) is 0. The summed E-state index contributed by atoms with van der Waals surface area (Å²) < 4.78 is 2.21. The van der Waals surface area contributed by atoms with Crippen molar-refractivity contribution < 1.29 is 5.11 Å². The van der Waals surface area contributed by atoms with Gasteiger partial charge in [-0.3, -0.25) is 4.68 Å². The zero-order chi connectivity index (χ0) is 12.6. The molecule has 2 rings (SSSR count). The summed E-state index contributed by atoms with van der Waals surface area (Å²) in [6.45, 7) is 0. The first-order chi connectivity index (χ1) is 8.02. The number of aliphatic hydroxyl groups excluding tert-OH is 1. The minimum Gasteiger partial charge on any atom is -0.383 e. The fraction of sp³-hybridized carbons (Fsp3) is 0.222. The molecule has 0 amide bonds. The summed E-state index contributed by atoms with van der Waals surface area (Å²) in [5.41, 5.74) is 0.815. The largest absolute Gasteiger partial charge is 0.383 e. The van der Waals surface area contributed by atoms with E-state index in [0.717, 1.165) is 0 Å². The molecule has 2 aromatic heterocycles. The van der Waals surface area contributed by atoms with Gasteiger partial charge in [0.2, 0.25) is 0 Å². The van der Waals surface area contributed by atoms with E-state index >= 15 is 0 Å². The van der Waals surface area contributed by atoms with Crippen LogP contribution in [0.4, 0.5) is 0 Å². The lowest BCUT2D eigenvalue weighted by Crippen LogP contribution is -2.04. The van der Waals surface area contributed by atoms with Crippen LogP contribution in [-0.4, -0.2) is 24.9 Å². The summed E-state index contributed by atoms with van der Waals surface area (Å²) in [4.78, 5) is 7.58. The van der Waals surface area contributed by atoms with Crippen LogP contribution in [0, 0.1) is 0 Å². The van der Waals surface area contributed by atoms with Crippen LogP contribution in [0.25, 0.3) is 0 Å². The average molecular weight is 338 g/mol. The molecular weight excluding hydrogens is 331 g/mol. The molecule has 1 N–H and O–H groups in total. The lowest BCUT2D eigenvalue weighted by atomic mass is 10.1. The Morgan fingerprint density at radius 2 is 1.94 bits per heavy atom. The summed E-state index contributed by atoms with van der Waals surface area (Å²) in [5.74, 6) is 0. The maximum absolute atomic E-state index is 10.2. The van der Waals surface area contributed by atoms with Gasteiger partial charge < -0.3 is 5.11 Å². The Morgan fingerprint density at radius 3 is 2.41 bits per heavy atom. The van der Waals surface area contributed by atoms with Crippen molar-refractivity contribution in [1.29, 1.82) is 0 Å². The molecule has 0 fully saturated rings. The van der Waals surface area contributed by atoms with Crippen LogP contribution in [0.1, 0.15) is 17.2 Å². The Kier molecular flexibility index (Phi) is 3.67. The minimum atomic E-state index is -1.03. The molecule has 0 aliphatic carbocycles. The molecule has 0 aliphatic rings. The molecule has 8 heteroatoms. The second-order valence-corrected chi connectivity index (χ2v) is 4.75. The van der Waals surface area contributed by atoms with E-state index in [1.54, 1.807) is 11.7 Å². The number of rotatable bonds is 2. The molecule has 0 saturated heterocycles. The quantitative estimate of drug-likeness (QED) is 0.854. The zero-order valence-electron chi connectivity index (χ0n) is 8.60. The van der Waals surface area contributed by atoms with Crippen molar-refractivity contribution in [2.45, 2.75) is 6.10 Å². The van der Waals surface area contributed by atoms with Crippen LogP contribution in [0.5, 0.6) is 0 Å². The summed E-state index contributed by atoms with van der Waals surface area (Å²) in [7, 11) is 1.74. The van der Waals surface area contributed by atoms with Gasteiger partial charge in [0.25, 0.3) is 0 Å². The lowest BCUT2D eigenvalue weighted by Gasteiger charge is -2.12. The van der Waals surface area contributed by atoms with Crippen molar-refractivity contribution >= 4 is 39.1 Å². The standard InChI is InChI=1S/C9H7BrCl2N4O/c1-16-7(10)4(2-15-16)6(17)5-8(11)13-3-14-9(5)12/h2-3,6,17H,1H3. The van der Waals surface area contributed by atoms with Crippen molar-refractivity contribution in [2.24, 2.45) is 7.05 Å². The monoisotopic (exact) mass is 336 g/mol. The van der Waals surface area contributed by atoms with Gasteiger partial charge in [-0.25, -0.2) is 9.97 Å². The molecule has 0 aliphatic heterocycles. The topological polar surface area (TPSA) is 63.8 Å². The molecule has 0 spiro atoms. The van der Waals surface area contributed by atoms with E-state index < -0.39 is 6.10 Å². The fourth-order valence-electron chi connectivity index (χ4n) is 1.36. The van der Waals surface area contributed by atoms with Gasteiger partial charge >= 0.3 is 0 Å². The van der Waals surface area contributed by atoms with Crippen LogP contribution < -0.4 is 0 Å². The van der Waals surface area contributed by atoms with Gasteiger partial charge in [-0.15, -0.1) is 0 Å². The second kappa shape index (κ2) is 4.89. The molecular formula is C9H7BrCl2N4O. The average Bonchev–Trinajstić information content (AvgIpc) is 2.59. The third-order valence-electron chi connectivity index (χ3n) is 2.25. The minimum absolute atomic E-state index is 0.119. The Morgan fingerprint density at radius 1 is 1.35 bits per heavy atom. The van der Waals surface area contributed by atoms with Gasteiger partial charge in [0.1, 0.15) is 27.3 Å². The Bertz CT molecular complexity index is 540. The SMILES string of the molecule is Cn1ncc(C(O)c2c(Cl)ncnc2Cl)c1Br. The van der Waals surface area contributed by atoms with Crippen LogP contribution in [0.15, 0.2) is 17.1 Å². The van der Waals surface area contributed by atoms with E-state index in [1.807, 2.05) is 0 Å². The predicted molar refractivity (Wildman–Crippen MR) is 67.0 cm³/mol. The second-order valence-electron chi connectivity index (χ2n) is 3.29. The highest BCUT2D eigenvalue weighted by Gasteiger charge is 2.23. The zero-order valence-corrected chi connectivity index (χ0v) is 11.7. The fourth-order valence-corrected chi connectivity index (χ4v) is 2.29. The molecule has 90 valence electrons. The van der Waals surface area contributed by atoms with Crippen LogP contribution >= 0.6 is 39.1 Å². The Hall–Kier alpha value is -0.690. The van der Waals surface area contributed by atoms with Crippen LogP contribution in [-0.2, 0) is 7.05 Å². The predicted octanol–water partition coefficient (Wildman–Crippen LogP) is 2.36. The van der Waals surface area contributed by atoms with E-state index in [4.69, 9.17) is 23.2 Å². The van der Waals surface area contributed by atoms with Gasteiger partial charge in [-0.2, -0.15) is 5.10 Å². The summed E-state index contributed by atoms with van der Waals surface area (Å²) >= 11 is 15.1. The van der Waals surface area contributed by atoms with Crippen molar-refractivity contribution in [3.8, 4) is 0 Å². The molecule has 2 heterocycles. The van der Waals surface area contributed by atoms with Crippen molar-refractivity contribution in [3.63, 3.8) is 0 Å². The van der Waals surface area contributed by atoms with Gasteiger partial charge in [-0.1, -0.05) is 23.2 Å². The molecule has 0 aromatic carbocycles. The molecule has 1 unspecified atom stereocenters. The molecule has 1 atom stereocenters. The van der Waals surface area contributed by atoms with Crippen molar-refractivity contribution in [1.82, 2.24) is 19.7 Å². The highest BCUT2D eigenvalue weighted by molar-refractivity contribution is 9.10. The van der Waals surface area contributed by atoms with Crippen LogP contribution in [0.3, 0.4) is 0 Å². The smallest absolute Gasteiger partial charge is 0.140 e. The van der Waals surface area contributed by atoms with Crippen molar-refractivity contribution in [2.75, 3.05) is 0 Å². The maximum Gasteiger partial charge on any atom is 0.140 e. The molecule has 0 saturated carbocycles. The Labute approximate surface area is 116 Å². The van der Waals surface area contributed by atoms with E-state index in [-0.39, 0.29) is 15.9 Å². The third-order valence-corrected chi connectivity index (χ3v) is 3.82. The van der Waals surface area contributed by atoms with E-state index in [2.05, 4.69) is 31.0 Å². The highest BCUT2D eigenvalue weighted by Crippen LogP contribution is 2.34. The van der Waals surface area contributed by atoms with Gasteiger partial charge in [0.15, 0.2) is 0 Å². The van der Waals surface area contributed by atoms with E-state index in [9.17, 15) is 5.11 Å². The number of aryl methyl sites for hydroxylation is 1. The first kappa shape index (κ1) is 12.8. The third kappa shape index (κ3) is 2.30. The van der Waals surface area contributed by atoms with Gasteiger partial charge in [-0.05, 0) is 15.9 Å². The molecule has 0 bridgehead atoms. The van der Waals surface area contributed by atoms with Gasteiger partial charge in [0, 0.05) is 12.6 Å². The summed E-state index contributed by atoms with van der Waals surface area (Å²) in [6.07, 6.45) is 1.73. The summed E-state index contributed by atoms with van der Waals surface area (Å²) in [5, 5.41) is 14.5. The number of nitrogens with zero attached hydrogens (tertiary/aromatic N) is 4. The number of halogens is 3. The molecule has 0 radical (unpaired) electrons. The highest BCUT2D eigenvalue weighted by atomic mass is 79.9. The first-order valence-electron chi connectivity index (χ1n) is 4.53. The van der Waals surface area contributed by atoms with Crippen LogP contribution in [0.2, 0.25) is 10.3 Å². The van der Waals surface area contributed by atoms with Crippen molar-refractivity contribution in [3.05, 3.63) is 38.6 Å². The number of hydrogen-bond donors (Lipinski definition) is 1. The normalized spacial score (nSPS) is 12.8.